The third kappa shape index (κ3) is 5.69. The van der Waals surface area contributed by atoms with Gasteiger partial charge in [-0.1, -0.05) is 19.8 Å². The van der Waals surface area contributed by atoms with Crippen molar-refractivity contribution in [3.05, 3.63) is 23.3 Å². The van der Waals surface area contributed by atoms with Gasteiger partial charge in [0, 0.05) is 32.2 Å². The number of unbranched alkanes of at least 4 members (excludes halogenated alkanes) is 1. The lowest BCUT2D eigenvalue weighted by atomic mass is 9.95. The lowest BCUT2D eigenvalue weighted by molar-refractivity contribution is 0.157. The van der Waals surface area contributed by atoms with Crippen LogP contribution in [0, 0.1) is 6.92 Å². The first-order valence-corrected chi connectivity index (χ1v) is 8.38. The molecule has 0 aromatic heterocycles. The van der Waals surface area contributed by atoms with Crippen molar-refractivity contribution in [2.45, 2.75) is 39.2 Å². The minimum Gasteiger partial charge on any atom is -0.496 e. The molecule has 24 heavy (non-hydrogen) atoms. The summed E-state index contributed by atoms with van der Waals surface area (Å²) in [5.41, 5.74) is 2.39. The smallest absolute Gasteiger partial charge is 0.127 e. The lowest BCUT2D eigenvalue weighted by Crippen LogP contribution is -2.45. The van der Waals surface area contributed by atoms with Crippen molar-refractivity contribution in [3.8, 4) is 11.5 Å². The van der Waals surface area contributed by atoms with Crippen LogP contribution in [-0.2, 0) is 0 Å². The van der Waals surface area contributed by atoms with Crippen molar-refractivity contribution < 1.29 is 9.47 Å². The molecular weight excluding hydrogens is 347 g/mol. The topological polar surface area (TPSA) is 33.7 Å². The molecular formula is C18H32Cl2N2O2. The molecule has 140 valence electrons. The van der Waals surface area contributed by atoms with E-state index in [0.29, 0.717) is 6.04 Å². The van der Waals surface area contributed by atoms with Crippen LogP contribution in [0.25, 0.3) is 0 Å². The normalized spacial score (nSPS) is 15.8. The van der Waals surface area contributed by atoms with Crippen molar-refractivity contribution in [2.75, 3.05) is 40.4 Å². The molecule has 0 unspecified atom stereocenters. The Balaban J connectivity index is 0.00000264. The van der Waals surface area contributed by atoms with Crippen LogP contribution in [0.3, 0.4) is 0 Å². The van der Waals surface area contributed by atoms with Crippen molar-refractivity contribution in [1.82, 2.24) is 10.2 Å². The lowest BCUT2D eigenvalue weighted by Gasteiger charge is -2.36. The molecule has 0 radical (unpaired) electrons. The van der Waals surface area contributed by atoms with Crippen LogP contribution in [0.15, 0.2) is 12.1 Å². The van der Waals surface area contributed by atoms with Crippen LogP contribution >= 0.6 is 24.8 Å². The number of ether oxygens (including phenoxy) is 2. The standard InChI is InChI=1S/C18H30N2O2.2ClH/c1-5-6-7-15(20-10-8-19-9-11-20)18-16(21-3)12-14(2)13-17(18)22-4;;/h12-13,15,19H,5-11H2,1-4H3;2*1H/t15-;;/m0../s1. The Bertz CT molecular complexity index is 455. The third-order valence-electron chi connectivity index (χ3n) is 4.44. The Morgan fingerprint density at radius 2 is 1.62 bits per heavy atom. The van der Waals surface area contributed by atoms with Crippen molar-refractivity contribution in [3.63, 3.8) is 0 Å². The number of hydrogen-bond donors (Lipinski definition) is 1. The Hall–Kier alpha value is -0.680. The van der Waals surface area contributed by atoms with Crippen LogP contribution in [0.4, 0.5) is 0 Å². The molecule has 4 nitrogen and oxygen atoms in total. The molecule has 1 atom stereocenters. The Morgan fingerprint density at radius 3 is 2.08 bits per heavy atom. The van der Waals surface area contributed by atoms with Gasteiger partial charge in [-0.2, -0.15) is 0 Å². The van der Waals surface area contributed by atoms with Gasteiger partial charge in [-0.25, -0.2) is 0 Å². The van der Waals surface area contributed by atoms with Crippen LogP contribution in [0.2, 0.25) is 0 Å². The third-order valence-corrected chi connectivity index (χ3v) is 4.44. The Labute approximate surface area is 159 Å². The number of rotatable bonds is 7. The summed E-state index contributed by atoms with van der Waals surface area (Å²) in [5, 5.41) is 3.44. The molecule has 1 heterocycles. The maximum Gasteiger partial charge on any atom is 0.127 e. The van der Waals surface area contributed by atoms with E-state index in [1.54, 1.807) is 14.2 Å². The average Bonchev–Trinajstić information content (AvgIpc) is 2.56. The molecule has 1 aromatic carbocycles. The zero-order valence-corrected chi connectivity index (χ0v) is 16.9. The summed E-state index contributed by atoms with van der Waals surface area (Å²) < 4.78 is 11.4. The number of piperazine rings is 1. The van der Waals surface area contributed by atoms with Gasteiger partial charge in [-0.15, -0.1) is 24.8 Å². The van der Waals surface area contributed by atoms with Crippen molar-refractivity contribution >= 4 is 24.8 Å². The van der Waals surface area contributed by atoms with Gasteiger partial charge in [0.1, 0.15) is 11.5 Å². The van der Waals surface area contributed by atoms with Gasteiger partial charge in [0.2, 0.25) is 0 Å². The van der Waals surface area contributed by atoms with Crippen molar-refractivity contribution in [1.29, 1.82) is 0 Å². The number of benzene rings is 1. The van der Waals surface area contributed by atoms with Gasteiger partial charge in [0.05, 0.1) is 19.8 Å². The molecule has 1 aliphatic heterocycles. The molecule has 0 saturated carbocycles. The number of nitrogens with zero attached hydrogens (tertiary/aromatic N) is 1. The highest BCUT2D eigenvalue weighted by atomic mass is 35.5. The monoisotopic (exact) mass is 378 g/mol. The molecule has 0 bridgehead atoms. The van der Waals surface area contributed by atoms with Gasteiger partial charge < -0.3 is 14.8 Å². The van der Waals surface area contributed by atoms with E-state index < -0.39 is 0 Å². The summed E-state index contributed by atoms with van der Waals surface area (Å²) in [6, 6.07) is 4.62. The highest BCUT2D eigenvalue weighted by molar-refractivity contribution is 5.85. The first kappa shape index (κ1) is 23.3. The maximum absolute atomic E-state index is 5.70. The predicted octanol–water partition coefficient (Wildman–Crippen LogP) is 3.99. The van der Waals surface area contributed by atoms with Crippen molar-refractivity contribution in [2.24, 2.45) is 0 Å². The molecule has 0 spiro atoms. The van der Waals surface area contributed by atoms with E-state index in [-0.39, 0.29) is 24.8 Å². The minimum absolute atomic E-state index is 0. The quantitative estimate of drug-likeness (QED) is 0.777. The van der Waals surface area contributed by atoms with Gasteiger partial charge in [-0.3, -0.25) is 4.90 Å². The van der Waals surface area contributed by atoms with Crippen LogP contribution < -0.4 is 14.8 Å². The van der Waals surface area contributed by atoms with Gasteiger partial charge in [0.15, 0.2) is 0 Å². The van der Waals surface area contributed by atoms with Crippen LogP contribution in [0.5, 0.6) is 11.5 Å². The fourth-order valence-corrected chi connectivity index (χ4v) is 3.30. The minimum atomic E-state index is 0. The molecule has 1 fully saturated rings. The van der Waals surface area contributed by atoms with Crippen LogP contribution in [-0.4, -0.2) is 45.3 Å². The molecule has 6 heteroatoms. The SMILES string of the molecule is CCCC[C@@H](c1c(OC)cc(C)cc1OC)N1CCNCC1.Cl.Cl. The summed E-state index contributed by atoms with van der Waals surface area (Å²) >= 11 is 0. The summed E-state index contributed by atoms with van der Waals surface area (Å²) in [7, 11) is 3.51. The number of aryl methyl sites for hydroxylation is 1. The van der Waals surface area contributed by atoms with E-state index in [4.69, 9.17) is 9.47 Å². The van der Waals surface area contributed by atoms with E-state index in [1.165, 1.54) is 24.0 Å². The maximum atomic E-state index is 5.70. The zero-order valence-electron chi connectivity index (χ0n) is 15.3. The van der Waals surface area contributed by atoms with Gasteiger partial charge in [-0.05, 0) is 31.0 Å². The fourth-order valence-electron chi connectivity index (χ4n) is 3.30. The number of halogens is 2. The highest BCUT2D eigenvalue weighted by Gasteiger charge is 2.27. The van der Waals surface area contributed by atoms with Gasteiger partial charge >= 0.3 is 0 Å². The number of nitrogens with one attached hydrogen (secondary N) is 1. The van der Waals surface area contributed by atoms with Crippen LogP contribution in [0.1, 0.15) is 43.4 Å². The fraction of sp³-hybridized carbons (Fsp3) is 0.667. The zero-order chi connectivity index (χ0) is 15.9. The summed E-state index contributed by atoms with van der Waals surface area (Å²) in [6.45, 7) is 8.60. The number of hydrogen-bond acceptors (Lipinski definition) is 4. The Morgan fingerprint density at radius 1 is 1.08 bits per heavy atom. The second-order valence-electron chi connectivity index (χ2n) is 6.03. The second kappa shape index (κ2) is 11.8. The predicted molar refractivity (Wildman–Crippen MR) is 105 cm³/mol. The highest BCUT2D eigenvalue weighted by Crippen LogP contribution is 2.40. The molecule has 0 amide bonds. The summed E-state index contributed by atoms with van der Waals surface area (Å²) in [5.74, 6) is 1.91. The Kier molecular flexibility index (Phi) is 11.5. The first-order valence-electron chi connectivity index (χ1n) is 8.38. The second-order valence-corrected chi connectivity index (χ2v) is 6.03. The van der Waals surface area contributed by atoms with E-state index >= 15 is 0 Å². The molecule has 2 rings (SSSR count). The largest absolute Gasteiger partial charge is 0.496 e. The van der Waals surface area contributed by atoms with E-state index in [1.807, 2.05) is 0 Å². The molecule has 1 aromatic rings. The molecule has 1 saturated heterocycles. The molecule has 0 aliphatic carbocycles. The summed E-state index contributed by atoms with van der Waals surface area (Å²) in [4.78, 5) is 2.57. The first-order chi connectivity index (χ1) is 10.7. The van der Waals surface area contributed by atoms with Gasteiger partial charge in [0.25, 0.3) is 0 Å². The van der Waals surface area contributed by atoms with E-state index in [9.17, 15) is 0 Å². The van der Waals surface area contributed by atoms with E-state index in [0.717, 1.165) is 44.1 Å². The van der Waals surface area contributed by atoms with E-state index in [2.05, 4.69) is 36.2 Å². The number of methoxy groups -OCH3 is 2. The summed E-state index contributed by atoms with van der Waals surface area (Å²) in [6.07, 6.45) is 3.57. The average molecular weight is 379 g/mol. The molecule has 1 N–H and O–H groups in total. The molecule has 1 aliphatic rings.